The minimum atomic E-state index is -2.66. The number of nitrogens with zero attached hydrogens (tertiary/aromatic N) is 2. The van der Waals surface area contributed by atoms with Crippen molar-refractivity contribution in [1.29, 1.82) is 0 Å². The third-order valence-corrected chi connectivity index (χ3v) is 7.21. The molecule has 1 amide bonds. The van der Waals surface area contributed by atoms with Gasteiger partial charge < -0.3 is 36.8 Å². The molecular formula is C23H28N4O7. The molecule has 0 saturated heterocycles. The number of hydrogen-bond acceptors (Lipinski definition) is 10. The van der Waals surface area contributed by atoms with Gasteiger partial charge in [0.05, 0.1) is 17.3 Å². The van der Waals surface area contributed by atoms with Crippen LogP contribution in [0, 0.1) is 11.8 Å². The summed E-state index contributed by atoms with van der Waals surface area (Å²) in [6.45, 7) is 0. The number of hydrogen-bond donors (Lipinski definition) is 6. The number of amides is 1. The van der Waals surface area contributed by atoms with Crippen molar-refractivity contribution in [2.75, 3.05) is 38.8 Å². The van der Waals surface area contributed by atoms with E-state index in [1.54, 1.807) is 39.2 Å². The van der Waals surface area contributed by atoms with E-state index in [1.165, 1.54) is 4.90 Å². The summed E-state index contributed by atoms with van der Waals surface area (Å²) in [4.78, 5) is 42.0. The smallest absolute Gasteiger partial charge is 0.255 e. The van der Waals surface area contributed by atoms with Crippen molar-refractivity contribution in [3.05, 3.63) is 34.1 Å². The first-order valence-corrected chi connectivity index (χ1v) is 10.7. The Morgan fingerprint density at radius 2 is 1.76 bits per heavy atom. The van der Waals surface area contributed by atoms with E-state index in [4.69, 9.17) is 11.5 Å². The maximum atomic E-state index is 13.7. The lowest BCUT2D eigenvalue weighted by Gasteiger charge is -2.50. The Kier molecular flexibility index (Phi) is 5.18. The van der Waals surface area contributed by atoms with E-state index in [0.717, 1.165) is 0 Å². The molecule has 0 heterocycles. The summed E-state index contributed by atoms with van der Waals surface area (Å²) in [5.74, 6) is -6.95. The Morgan fingerprint density at radius 1 is 1.15 bits per heavy atom. The lowest BCUT2D eigenvalue weighted by atomic mass is 9.57. The maximum absolute atomic E-state index is 13.7. The minimum Gasteiger partial charge on any atom is -0.508 e. The molecule has 0 radical (unpaired) electrons. The van der Waals surface area contributed by atoms with Gasteiger partial charge in [0.15, 0.2) is 11.4 Å². The molecule has 3 aliphatic rings. The number of aromatic hydroxyl groups is 1. The van der Waals surface area contributed by atoms with Crippen molar-refractivity contribution in [3.63, 3.8) is 0 Å². The molecule has 1 aromatic carbocycles. The number of primary amides is 1. The first-order valence-electron chi connectivity index (χ1n) is 10.7. The number of ketones is 2. The molecule has 0 spiro atoms. The van der Waals surface area contributed by atoms with E-state index in [2.05, 4.69) is 0 Å². The number of anilines is 2. The molecule has 0 bridgehead atoms. The van der Waals surface area contributed by atoms with E-state index in [-0.39, 0.29) is 29.7 Å². The third-order valence-electron chi connectivity index (χ3n) is 7.21. The number of benzene rings is 1. The van der Waals surface area contributed by atoms with Crippen molar-refractivity contribution in [2.24, 2.45) is 17.6 Å². The number of carbonyl (C=O) groups is 3. The van der Waals surface area contributed by atoms with Crippen molar-refractivity contribution in [3.8, 4) is 5.75 Å². The van der Waals surface area contributed by atoms with Gasteiger partial charge in [-0.15, -0.1) is 0 Å². The topological polar surface area (TPSA) is 191 Å². The molecule has 4 rings (SSSR count). The Balaban J connectivity index is 2.01. The van der Waals surface area contributed by atoms with Crippen LogP contribution in [0.4, 0.5) is 11.4 Å². The number of Topliss-reactive ketones (excluding diaryl/α,β-unsaturated/α-hetero) is 2. The number of aliphatic hydroxyl groups is 3. The zero-order valence-electron chi connectivity index (χ0n) is 19.3. The molecule has 1 saturated carbocycles. The van der Waals surface area contributed by atoms with E-state index < -0.39 is 63.8 Å². The van der Waals surface area contributed by atoms with Crippen molar-refractivity contribution < 1.29 is 34.8 Å². The monoisotopic (exact) mass is 472 g/mol. The van der Waals surface area contributed by atoms with Crippen LogP contribution in [0.2, 0.25) is 0 Å². The number of carbonyl (C=O) groups excluding carboxylic acids is 3. The zero-order valence-corrected chi connectivity index (χ0v) is 19.3. The minimum absolute atomic E-state index is 0.0115. The first kappa shape index (κ1) is 23.6. The number of likely N-dealkylation sites (N-methyl/N-ethyl adjacent to an activating group) is 1. The molecule has 3 aliphatic carbocycles. The molecule has 8 N–H and O–H groups in total. The molecule has 1 aromatic rings. The van der Waals surface area contributed by atoms with Crippen molar-refractivity contribution >= 4 is 34.6 Å². The first-order chi connectivity index (χ1) is 15.7. The number of aliphatic hydroxyl groups excluding tert-OH is 2. The molecule has 11 nitrogen and oxygen atoms in total. The van der Waals surface area contributed by atoms with Crippen LogP contribution in [-0.2, 0) is 20.8 Å². The fourth-order valence-electron chi connectivity index (χ4n) is 5.71. The average molecular weight is 472 g/mol. The second-order valence-corrected chi connectivity index (χ2v) is 9.54. The van der Waals surface area contributed by atoms with Crippen molar-refractivity contribution in [2.45, 2.75) is 24.5 Å². The van der Waals surface area contributed by atoms with Crippen LogP contribution < -0.4 is 16.4 Å². The summed E-state index contributed by atoms with van der Waals surface area (Å²) in [7, 11) is 6.64. The van der Waals surface area contributed by atoms with Crippen LogP contribution in [0.25, 0.3) is 5.76 Å². The number of nitrogen functional groups attached to an aromatic ring is 1. The summed E-state index contributed by atoms with van der Waals surface area (Å²) in [6.07, 6.45) is 0.236. The molecule has 182 valence electrons. The van der Waals surface area contributed by atoms with Gasteiger partial charge >= 0.3 is 0 Å². The highest BCUT2D eigenvalue weighted by atomic mass is 16.3. The lowest BCUT2D eigenvalue weighted by Crippen LogP contribution is -2.65. The van der Waals surface area contributed by atoms with Crippen LogP contribution in [0.1, 0.15) is 17.5 Å². The highest BCUT2D eigenvalue weighted by Crippen LogP contribution is 2.54. The van der Waals surface area contributed by atoms with Crippen LogP contribution in [0.3, 0.4) is 0 Å². The van der Waals surface area contributed by atoms with Gasteiger partial charge in [0.25, 0.3) is 5.91 Å². The van der Waals surface area contributed by atoms with Crippen LogP contribution >= 0.6 is 0 Å². The molecule has 1 fully saturated rings. The highest BCUT2D eigenvalue weighted by molar-refractivity contribution is 6.24. The quantitative estimate of drug-likeness (QED) is 0.192. The van der Waals surface area contributed by atoms with Gasteiger partial charge in [-0.3, -0.25) is 19.3 Å². The van der Waals surface area contributed by atoms with E-state index in [0.29, 0.717) is 11.3 Å². The van der Waals surface area contributed by atoms with E-state index in [9.17, 15) is 34.8 Å². The van der Waals surface area contributed by atoms with Crippen LogP contribution in [0.15, 0.2) is 23.0 Å². The second-order valence-electron chi connectivity index (χ2n) is 9.54. The second kappa shape index (κ2) is 7.47. The van der Waals surface area contributed by atoms with Gasteiger partial charge in [0.2, 0.25) is 5.78 Å². The summed E-state index contributed by atoms with van der Waals surface area (Å²) in [6, 6.07) is 0.444. The number of rotatable bonds is 3. The fourth-order valence-corrected chi connectivity index (χ4v) is 5.71. The van der Waals surface area contributed by atoms with Gasteiger partial charge in [-0.05, 0) is 44.5 Å². The molecular weight excluding hydrogens is 444 g/mol. The van der Waals surface area contributed by atoms with Gasteiger partial charge in [0, 0.05) is 31.3 Å². The van der Waals surface area contributed by atoms with Crippen LogP contribution in [0.5, 0.6) is 5.75 Å². The molecule has 0 aliphatic heterocycles. The molecule has 4 atom stereocenters. The summed E-state index contributed by atoms with van der Waals surface area (Å²) < 4.78 is 0. The number of phenolic OH excluding ortho intramolecular Hbond substituents is 1. The standard InChI is InChI=1S/C23H28N4O7/c1-26(2)12-7-11(24)17(28)14-9(12)5-8-6-10-16(27(3)4)19(30)15(22(25)33)21(32)23(10,34)20(31)13(8)18(14)29/h7-8,10,16,28-29,32,34H,5-6,24H2,1-4H3,(H2,25,33)/t8-,10-,16-,23+/m1/s1. The maximum Gasteiger partial charge on any atom is 0.255 e. The predicted molar refractivity (Wildman–Crippen MR) is 123 cm³/mol. The van der Waals surface area contributed by atoms with Crippen LogP contribution in [-0.4, -0.2) is 82.6 Å². The van der Waals surface area contributed by atoms with Crippen molar-refractivity contribution in [1.82, 2.24) is 4.90 Å². The predicted octanol–water partition coefficient (Wildman–Crippen LogP) is -0.388. The average Bonchev–Trinajstić information content (AvgIpc) is 2.72. The summed E-state index contributed by atoms with van der Waals surface area (Å²) >= 11 is 0. The molecule has 0 unspecified atom stereocenters. The Labute approximate surface area is 195 Å². The van der Waals surface area contributed by atoms with Gasteiger partial charge in [-0.2, -0.15) is 0 Å². The summed E-state index contributed by atoms with van der Waals surface area (Å²) in [5, 5.41) is 44.2. The third kappa shape index (κ3) is 2.86. The molecule has 34 heavy (non-hydrogen) atoms. The van der Waals surface area contributed by atoms with E-state index in [1.807, 2.05) is 0 Å². The normalized spacial score (nSPS) is 28.6. The Morgan fingerprint density at radius 3 is 2.29 bits per heavy atom. The van der Waals surface area contributed by atoms with E-state index >= 15 is 0 Å². The van der Waals surface area contributed by atoms with Gasteiger partial charge in [0.1, 0.15) is 22.8 Å². The fraction of sp³-hybridized carbons (Fsp3) is 0.435. The number of fused-ring (bicyclic) bond motifs is 3. The van der Waals surface area contributed by atoms with Gasteiger partial charge in [-0.25, -0.2) is 0 Å². The Hall–Kier alpha value is -3.57. The SMILES string of the molecule is CN(C)c1cc(N)c(O)c2c1C[C@@H]1C[C@@H]3[C@@H](N(C)C)C(=O)C(C(N)=O)=C(O)[C@@]3(O)C(=O)C1=C2O. The zero-order chi connectivity index (χ0) is 25.4. The Bertz CT molecular complexity index is 1220. The largest absolute Gasteiger partial charge is 0.508 e. The molecule has 11 heteroatoms. The highest BCUT2D eigenvalue weighted by Gasteiger charge is 2.64. The number of nitrogens with two attached hydrogens (primary N) is 2. The molecule has 0 aromatic heterocycles. The summed E-state index contributed by atoms with van der Waals surface area (Å²) in [5.41, 5.74) is 8.68. The number of phenols is 1. The van der Waals surface area contributed by atoms with Gasteiger partial charge in [-0.1, -0.05) is 0 Å². The lowest BCUT2D eigenvalue weighted by molar-refractivity contribution is -0.153.